The number of nitrogens with one attached hydrogen (secondary N) is 2. The SMILES string of the molecule is CC1CC(NC(=O)C(C)Sc2ccc(Br)cc2)CCN1.Cl. The third-order valence-corrected chi connectivity index (χ3v) is 5.11. The van der Waals surface area contributed by atoms with E-state index in [0.29, 0.717) is 12.1 Å². The molecule has 2 N–H and O–H groups in total. The van der Waals surface area contributed by atoms with Crippen LogP contribution in [0.1, 0.15) is 26.7 Å². The number of carbonyl (C=O) groups excluding carboxylic acids is 1. The van der Waals surface area contributed by atoms with Gasteiger partial charge in [-0.2, -0.15) is 0 Å². The van der Waals surface area contributed by atoms with Crippen molar-refractivity contribution in [2.24, 2.45) is 0 Å². The lowest BCUT2D eigenvalue weighted by atomic mass is 10.0. The summed E-state index contributed by atoms with van der Waals surface area (Å²) in [5, 5.41) is 6.50. The Labute approximate surface area is 145 Å². The highest BCUT2D eigenvalue weighted by Gasteiger charge is 2.22. The van der Waals surface area contributed by atoms with Crippen molar-refractivity contribution in [1.82, 2.24) is 10.6 Å². The predicted octanol–water partition coefficient (Wildman–Crippen LogP) is 3.61. The van der Waals surface area contributed by atoms with Gasteiger partial charge in [-0.25, -0.2) is 0 Å². The maximum absolute atomic E-state index is 12.2. The van der Waals surface area contributed by atoms with E-state index in [0.717, 1.165) is 28.8 Å². The number of benzene rings is 1. The van der Waals surface area contributed by atoms with Gasteiger partial charge in [-0.3, -0.25) is 4.79 Å². The summed E-state index contributed by atoms with van der Waals surface area (Å²) in [4.78, 5) is 13.3. The first-order chi connectivity index (χ1) is 9.54. The lowest BCUT2D eigenvalue weighted by molar-refractivity contribution is -0.121. The Balaban J connectivity index is 0.00000220. The van der Waals surface area contributed by atoms with E-state index in [9.17, 15) is 4.79 Å². The lowest BCUT2D eigenvalue weighted by Crippen LogP contribution is -2.48. The number of hydrogen-bond acceptors (Lipinski definition) is 3. The number of piperidine rings is 1. The Kier molecular flexibility index (Phi) is 8.09. The third kappa shape index (κ3) is 6.19. The second kappa shape index (κ2) is 9.03. The molecule has 0 spiro atoms. The molecule has 1 fully saturated rings. The predicted molar refractivity (Wildman–Crippen MR) is 95.3 cm³/mol. The monoisotopic (exact) mass is 392 g/mol. The Morgan fingerprint density at radius 2 is 2.10 bits per heavy atom. The smallest absolute Gasteiger partial charge is 0.233 e. The van der Waals surface area contributed by atoms with Crippen LogP contribution < -0.4 is 10.6 Å². The van der Waals surface area contributed by atoms with E-state index in [1.54, 1.807) is 11.8 Å². The second-order valence-corrected chi connectivity index (χ2v) is 7.63. The molecule has 1 aliphatic rings. The largest absolute Gasteiger partial charge is 0.352 e. The molecule has 1 saturated heterocycles. The molecule has 3 unspecified atom stereocenters. The van der Waals surface area contributed by atoms with Crippen molar-refractivity contribution >= 4 is 46.0 Å². The van der Waals surface area contributed by atoms with Crippen LogP contribution in [0.15, 0.2) is 33.6 Å². The average molecular weight is 394 g/mol. The van der Waals surface area contributed by atoms with Gasteiger partial charge in [0.15, 0.2) is 0 Å². The summed E-state index contributed by atoms with van der Waals surface area (Å²) in [6.45, 7) is 5.12. The van der Waals surface area contributed by atoms with Crippen LogP contribution in [0.3, 0.4) is 0 Å². The van der Waals surface area contributed by atoms with E-state index in [2.05, 4.69) is 33.5 Å². The highest BCUT2D eigenvalue weighted by Crippen LogP contribution is 2.25. The van der Waals surface area contributed by atoms with E-state index in [4.69, 9.17) is 0 Å². The quantitative estimate of drug-likeness (QED) is 0.768. The van der Waals surface area contributed by atoms with Gasteiger partial charge in [0, 0.05) is 21.5 Å². The standard InChI is InChI=1S/C15H21BrN2OS.ClH/c1-10-9-13(7-8-17-10)18-15(19)11(2)20-14-5-3-12(16)4-6-14;/h3-6,10-11,13,17H,7-9H2,1-2H3,(H,18,19);1H. The van der Waals surface area contributed by atoms with Gasteiger partial charge in [0.25, 0.3) is 0 Å². The van der Waals surface area contributed by atoms with Crippen molar-refractivity contribution in [3.8, 4) is 0 Å². The molecule has 3 atom stereocenters. The van der Waals surface area contributed by atoms with Gasteiger partial charge in [-0.1, -0.05) is 15.9 Å². The Morgan fingerprint density at radius 3 is 2.71 bits per heavy atom. The summed E-state index contributed by atoms with van der Waals surface area (Å²) in [5.41, 5.74) is 0. The molecular formula is C15H22BrClN2OS. The van der Waals surface area contributed by atoms with Crippen LogP contribution in [0, 0.1) is 0 Å². The van der Waals surface area contributed by atoms with Crippen molar-refractivity contribution in [2.75, 3.05) is 6.54 Å². The molecule has 21 heavy (non-hydrogen) atoms. The van der Waals surface area contributed by atoms with E-state index >= 15 is 0 Å². The number of halogens is 2. The van der Waals surface area contributed by atoms with Gasteiger partial charge in [-0.15, -0.1) is 24.2 Å². The highest BCUT2D eigenvalue weighted by molar-refractivity contribution is 9.10. The van der Waals surface area contributed by atoms with Gasteiger partial charge in [0.05, 0.1) is 5.25 Å². The molecule has 0 radical (unpaired) electrons. The zero-order valence-corrected chi connectivity index (χ0v) is 15.5. The highest BCUT2D eigenvalue weighted by atomic mass is 79.9. The van der Waals surface area contributed by atoms with Gasteiger partial charge in [-0.05, 0) is 57.5 Å². The summed E-state index contributed by atoms with van der Waals surface area (Å²) in [7, 11) is 0. The van der Waals surface area contributed by atoms with Crippen molar-refractivity contribution in [3.05, 3.63) is 28.7 Å². The topological polar surface area (TPSA) is 41.1 Å². The first-order valence-electron chi connectivity index (χ1n) is 7.00. The van der Waals surface area contributed by atoms with Gasteiger partial charge in [0.2, 0.25) is 5.91 Å². The van der Waals surface area contributed by atoms with Crippen LogP contribution in [0.2, 0.25) is 0 Å². The summed E-state index contributed by atoms with van der Waals surface area (Å²) >= 11 is 5.02. The molecule has 118 valence electrons. The summed E-state index contributed by atoms with van der Waals surface area (Å²) < 4.78 is 1.06. The Morgan fingerprint density at radius 1 is 1.43 bits per heavy atom. The zero-order valence-electron chi connectivity index (χ0n) is 12.3. The van der Waals surface area contributed by atoms with Crippen LogP contribution in [0.4, 0.5) is 0 Å². The minimum atomic E-state index is -0.0682. The van der Waals surface area contributed by atoms with Crippen molar-refractivity contribution < 1.29 is 4.79 Å². The molecule has 6 heteroatoms. The molecule has 3 nitrogen and oxygen atoms in total. The summed E-state index contributed by atoms with van der Waals surface area (Å²) in [6.07, 6.45) is 2.03. The Hall–Kier alpha value is -0.230. The van der Waals surface area contributed by atoms with Gasteiger partial charge in [0.1, 0.15) is 0 Å². The molecule has 1 aliphatic heterocycles. The molecule has 0 aromatic heterocycles. The zero-order chi connectivity index (χ0) is 14.5. The molecule has 0 aliphatic carbocycles. The van der Waals surface area contributed by atoms with Crippen molar-refractivity contribution in [3.63, 3.8) is 0 Å². The van der Waals surface area contributed by atoms with Crippen LogP contribution >= 0.6 is 40.1 Å². The molecular weight excluding hydrogens is 372 g/mol. The van der Waals surface area contributed by atoms with Crippen LogP contribution in [0.25, 0.3) is 0 Å². The molecule has 1 amide bonds. The van der Waals surface area contributed by atoms with Gasteiger partial charge < -0.3 is 10.6 Å². The maximum Gasteiger partial charge on any atom is 0.233 e. The average Bonchev–Trinajstić information content (AvgIpc) is 2.41. The Bertz CT molecular complexity index is 457. The molecule has 1 aromatic carbocycles. The second-order valence-electron chi connectivity index (χ2n) is 5.30. The third-order valence-electron chi connectivity index (χ3n) is 3.47. The normalized spacial score (nSPS) is 23.0. The molecule has 2 rings (SSSR count). The van der Waals surface area contributed by atoms with Crippen LogP contribution in [0.5, 0.6) is 0 Å². The van der Waals surface area contributed by atoms with E-state index in [1.165, 1.54) is 0 Å². The van der Waals surface area contributed by atoms with Crippen LogP contribution in [-0.4, -0.2) is 29.8 Å². The molecule has 1 aromatic rings. The summed E-state index contributed by atoms with van der Waals surface area (Å²) in [6, 6.07) is 8.87. The number of hydrogen-bond donors (Lipinski definition) is 2. The fourth-order valence-corrected chi connectivity index (χ4v) is 3.49. The number of thioether (sulfide) groups is 1. The maximum atomic E-state index is 12.2. The fraction of sp³-hybridized carbons (Fsp3) is 0.533. The summed E-state index contributed by atoms with van der Waals surface area (Å²) in [5.74, 6) is 0.136. The minimum Gasteiger partial charge on any atom is -0.352 e. The molecule has 1 heterocycles. The number of rotatable bonds is 4. The van der Waals surface area contributed by atoms with Crippen LogP contribution in [-0.2, 0) is 4.79 Å². The number of amides is 1. The lowest BCUT2D eigenvalue weighted by Gasteiger charge is -2.29. The first kappa shape index (κ1) is 18.8. The first-order valence-corrected chi connectivity index (χ1v) is 8.68. The number of carbonyl (C=O) groups is 1. The minimum absolute atomic E-state index is 0. The van der Waals surface area contributed by atoms with E-state index in [-0.39, 0.29) is 23.6 Å². The van der Waals surface area contributed by atoms with Crippen molar-refractivity contribution in [2.45, 2.75) is 48.9 Å². The van der Waals surface area contributed by atoms with E-state index < -0.39 is 0 Å². The fourth-order valence-electron chi connectivity index (χ4n) is 2.35. The molecule has 0 saturated carbocycles. The van der Waals surface area contributed by atoms with E-state index in [1.807, 2.05) is 31.2 Å². The van der Waals surface area contributed by atoms with Crippen molar-refractivity contribution in [1.29, 1.82) is 0 Å². The van der Waals surface area contributed by atoms with Gasteiger partial charge >= 0.3 is 0 Å². The molecule has 0 bridgehead atoms.